The number of hydrogen-bond acceptors (Lipinski definition) is 6. The predicted molar refractivity (Wildman–Crippen MR) is 98.3 cm³/mol. The van der Waals surface area contributed by atoms with E-state index in [9.17, 15) is 28.0 Å². The summed E-state index contributed by atoms with van der Waals surface area (Å²) in [7, 11) is -4.40. The van der Waals surface area contributed by atoms with E-state index in [1.54, 1.807) is 24.3 Å². The Hall–Kier alpha value is -1.49. The van der Waals surface area contributed by atoms with Gasteiger partial charge in [0.2, 0.25) is 0 Å². The van der Waals surface area contributed by atoms with Crippen molar-refractivity contribution in [2.45, 2.75) is 4.90 Å². The first-order valence-corrected chi connectivity index (χ1v) is 9.52. The Labute approximate surface area is 216 Å². The van der Waals surface area contributed by atoms with Crippen molar-refractivity contribution in [3.63, 3.8) is 0 Å². The molecular weight excluding hydrogens is 428 g/mol. The summed E-state index contributed by atoms with van der Waals surface area (Å²) in [6, 6.07) is 14.3. The average Bonchev–Trinajstić information content (AvgIpc) is 2.66. The molecule has 0 spiro atoms. The molecule has 0 aliphatic rings. The first-order chi connectivity index (χ1) is 13.3. The van der Waals surface area contributed by atoms with E-state index >= 15 is 0 Å². The molecular formula is C20H11NNa2O6S. The third-order valence-corrected chi connectivity index (χ3v) is 5.29. The van der Waals surface area contributed by atoms with Crippen LogP contribution in [0.2, 0.25) is 0 Å². The van der Waals surface area contributed by atoms with Crippen LogP contribution in [-0.4, -0.2) is 23.9 Å². The normalized spacial score (nSPS) is 11.0. The number of carbonyl (C=O) groups is 1. The SMILES string of the molecule is O=C([O-])c1cc(-c2ccccc2[O-])nc2ccc3cc(S(=O)(=O)O)ccc3c12.[Na+].[Na+]. The Morgan fingerprint density at radius 2 is 1.67 bits per heavy atom. The quantitative estimate of drug-likeness (QED) is 0.194. The van der Waals surface area contributed by atoms with Crippen LogP contribution in [0.5, 0.6) is 5.75 Å². The van der Waals surface area contributed by atoms with Crippen LogP contribution in [0, 0.1) is 0 Å². The van der Waals surface area contributed by atoms with Gasteiger partial charge >= 0.3 is 59.1 Å². The van der Waals surface area contributed by atoms with E-state index < -0.39 is 16.1 Å². The number of fused-ring (bicyclic) bond motifs is 3. The Balaban J connectivity index is 0.00000160. The molecule has 0 aliphatic heterocycles. The van der Waals surface area contributed by atoms with Crippen LogP contribution in [0.25, 0.3) is 32.9 Å². The minimum Gasteiger partial charge on any atom is -0.872 e. The number of pyridine rings is 1. The molecule has 0 atom stereocenters. The maximum atomic E-state index is 12.1. The predicted octanol–water partition coefficient (Wildman–Crippen LogP) is -4.25. The molecule has 0 saturated carbocycles. The number of carboxylic acids is 1. The summed E-state index contributed by atoms with van der Waals surface area (Å²) < 4.78 is 31.9. The second-order valence-corrected chi connectivity index (χ2v) is 7.58. The number of hydrogen-bond donors (Lipinski definition) is 1. The largest absolute Gasteiger partial charge is 1.00 e. The molecule has 0 amide bonds. The summed E-state index contributed by atoms with van der Waals surface area (Å²) in [6.45, 7) is 0. The van der Waals surface area contributed by atoms with Gasteiger partial charge in [0.05, 0.1) is 22.1 Å². The van der Waals surface area contributed by atoms with Crippen LogP contribution < -0.4 is 69.3 Å². The fourth-order valence-electron chi connectivity index (χ4n) is 3.18. The van der Waals surface area contributed by atoms with Gasteiger partial charge in [-0.15, -0.1) is 0 Å². The van der Waals surface area contributed by atoms with E-state index in [2.05, 4.69) is 4.98 Å². The smallest absolute Gasteiger partial charge is 0.872 e. The van der Waals surface area contributed by atoms with Gasteiger partial charge in [0, 0.05) is 10.9 Å². The molecule has 0 bridgehead atoms. The molecule has 1 aromatic heterocycles. The number of para-hydroxylation sites is 1. The van der Waals surface area contributed by atoms with Gasteiger partial charge in [0.1, 0.15) is 0 Å². The number of nitrogens with zero attached hydrogens (tertiary/aromatic N) is 1. The molecule has 0 radical (unpaired) electrons. The van der Waals surface area contributed by atoms with Gasteiger partial charge in [-0.25, -0.2) is 4.98 Å². The molecule has 0 fully saturated rings. The number of carbonyl (C=O) groups excluding carboxylic acids is 1. The number of rotatable bonds is 3. The number of aromatic nitrogens is 1. The molecule has 3 aromatic carbocycles. The summed E-state index contributed by atoms with van der Waals surface area (Å²) in [4.78, 5) is 15.9. The van der Waals surface area contributed by atoms with Crippen molar-refractivity contribution in [3.05, 3.63) is 66.2 Å². The minimum absolute atomic E-state index is 0. The Bertz CT molecular complexity index is 1390. The maximum Gasteiger partial charge on any atom is 1.00 e. The van der Waals surface area contributed by atoms with Crippen molar-refractivity contribution < 1.29 is 87.1 Å². The first-order valence-electron chi connectivity index (χ1n) is 8.08. The molecule has 30 heavy (non-hydrogen) atoms. The third kappa shape index (κ3) is 4.56. The number of carboxylic acid groups (broad SMARTS) is 1. The van der Waals surface area contributed by atoms with Gasteiger partial charge in [0.15, 0.2) is 0 Å². The molecule has 4 aromatic rings. The van der Waals surface area contributed by atoms with Crippen LogP contribution in [0.3, 0.4) is 0 Å². The molecule has 1 N–H and O–H groups in total. The Morgan fingerprint density at radius 1 is 0.967 bits per heavy atom. The van der Waals surface area contributed by atoms with Gasteiger partial charge < -0.3 is 15.0 Å². The zero-order valence-corrected chi connectivity index (χ0v) is 20.9. The Kier molecular flexibility index (Phi) is 7.71. The van der Waals surface area contributed by atoms with Crippen molar-refractivity contribution >= 4 is 37.8 Å². The standard InChI is InChI=1S/C20H13NO6S.2Na/c22-18-4-2-1-3-14(18)17-10-15(20(23)24)19-13-7-6-12(28(25,26)27)9-11(13)5-8-16(19)21-17;;/h1-10,22H,(H,23,24)(H,25,26,27);;/q;2*+1/p-2. The van der Waals surface area contributed by atoms with Gasteiger partial charge in [0.25, 0.3) is 10.1 Å². The van der Waals surface area contributed by atoms with Crippen LogP contribution >= 0.6 is 0 Å². The van der Waals surface area contributed by atoms with Crippen molar-refractivity contribution in [1.29, 1.82) is 0 Å². The summed E-state index contributed by atoms with van der Waals surface area (Å²) in [5, 5.41) is 25.0. The van der Waals surface area contributed by atoms with Crippen LogP contribution in [0.4, 0.5) is 0 Å². The van der Waals surface area contributed by atoms with E-state index in [0.29, 0.717) is 16.3 Å². The number of aromatic carboxylic acids is 1. The van der Waals surface area contributed by atoms with Crippen LogP contribution in [-0.2, 0) is 10.1 Å². The first kappa shape index (κ1) is 24.8. The molecule has 0 unspecified atom stereocenters. The van der Waals surface area contributed by atoms with Crippen molar-refractivity contribution in [2.75, 3.05) is 0 Å². The van der Waals surface area contributed by atoms with Crippen LogP contribution in [0.15, 0.2) is 65.6 Å². The van der Waals surface area contributed by atoms with Gasteiger partial charge in [-0.2, -0.15) is 8.42 Å². The topological polar surface area (TPSA) is 130 Å². The maximum absolute atomic E-state index is 12.1. The van der Waals surface area contributed by atoms with Crippen molar-refractivity contribution in [3.8, 4) is 17.0 Å². The third-order valence-electron chi connectivity index (χ3n) is 4.44. The zero-order chi connectivity index (χ0) is 20.1. The monoisotopic (exact) mass is 439 g/mol. The second-order valence-electron chi connectivity index (χ2n) is 6.16. The molecule has 7 nitrogen and oxygen atoms in total. The molecule has 0 saturated heterocycles. The fourth-order valence-corrected chi connectivity index (χ4v) is 3.70. The summed E-state index contributed by atoms with van der Waals surface area (Å²) in [6.07, 6.45) is 0. The number of benzene rings is 3. The van der Waals surface area contributed by atoms with Gasteiger partial charge in [-0.05, 0) is 40.6 Å². The average molecular weight is 439 g/mol. The van der Waals surface area contributed by atoms with E-state index in [1.807, 2.05) is 0 Å². The minimum atomic E-state index is -4.40. The van der Waals surface area contributed by atoms with Gasteiger partial charge in [-0.1, -0.05) is 42.1 Å². The van der Waals surface area contributed by atoms with Crippen LogP contribution in [0.1, 0.15) is 10.4 Å². The van der Waals surface area contributed by atoms with E-state index in [-0.39, 0.29) is 92.0 Å². The van der Waals surface area contributed by atoms with Gasteiger partial charge in [-0.3, -0.25) is 4.55 Å². The molecule has 4 rings (SSSR count). The summed E-state index contributed by atoms with van der Waals surface area (Å²) in [5.74, 6) is -1.75. The fraction of sp³-hybridized carbons (Fsp3) is 0. The molecule has 0 aliphatic carbocycles. The van der Waals surface area contributed by atoms with E-state index in [0.717, 1.165) is 0 Å². The molecule has 1 heterocycles. The zero-order valence-electron chi connectivity index (χ0n) is 16.1. The van der Waals surface area contributed by atoms with Crippen molar-refractivity contribution in [1.82, 2.24) is 4.98 Å². The molecule has 140 valence electrons. The molecule has 10 heteroatoms. The van der Waals surface area contributed by atoms with E-state index in [4.69, 9.17) is 0 Å². The summed E-state index contributed by atoms with van der Waals surface area (Å²) in [5.41, 5.74) is 0.598. The Morgan fingerprint density at radius 3 is 2.30 bits per heavy atom. The van der Waals surface area contributed by atoms with E-state index in [1.165, 1.54) is 36.4 Å². The second kappa shape index (κ2) is 9.33. The van der Waals surface area contributed by atoms with Crippen molar-refractivity contribution in [2.24, 2.45) is 0 Å². The summed E-state index contributed by atoms with van der Waals surface area (Å²) >= 11 is 0.